The summed E-state index contributed by atoms with van der Waals surface area (Å²) in [7, 11) is 0. The lowest BCUT2D eigenvalue weighted by Crippen LogP contribution is -2.18. The van der Waals surface area contributed by atoms with Gasteiger partial charge in [-0.2, -0.15) is 0 Å². The van der Waals surface area contributed by atoms with E-state index in [1.807, 2.05) is 26.0 Å². The lowest BCUT2D eigenvalue weighted by Gasteiger charge is -2.16. The number of carbonyl (C=O) groups is 1. The Morgan fingerprint density at radius 2 is 2.00 bits per heavy atom. The zero-order valence-corrected chi connectivity index (χ0v) is 8.10. The van der Waals surface area contributed by atoms with Crippen molar-refractivity contribution < 1.29 is 9.18 Å². The van der Waals surface area contributed by atoms with E-state index < -0.39 is 5.67 Å². The Kier molecular flexibility index (Phi) is 2.50. The molecule has 2 heteroatoms. The van der Waals surface area contributed by atoms with E-state index in [0.29, 0.717) is 11.8 Å². The Balaban J connectivity index is 3.23. The van der Waals surface area contributed by atoms with Crippen molar-refractivity contribution >= 4 is 6.29 Å². The highest BCUT2D eigenvalue weighted by atomic mass is 19.1. The third-order valence-electron chi connectivity index (χ3n) is 2.13. The Bertz CT molecular complexity index is 329. The summed E-state index contributed by atoms with van der Waals surface area (Å²) in [5.74, 6) is 0. The van der Waals surface area contributed by atoms with Gasteiger partial charge in [0.25, 0.3) is 0 Å². The summed E-state index contributed by atoms with van der Waals surface area (Å²) in [6.45, 7) is 5.02. The van der Waals surface area contributed by atoms with Crippen molar-refractivity contribution in [2.45, 2.75) is 26.4 Å². The molecule has 0 saturated heterocycles. The first-order chi connectivity index (χ1) is 5.97. The summed E-state index contributed by atoms with van der Waals surface area (Å²) < 4.78 is 13.6. The molecular weight excluding hydrogens is 167 g/mol. The van der Waals surface area contributed by atoms with Gasteiger partial charge in [-0.1, -0.05) is 23.8 Å². The number of alkyl halides is 1. The van der Waals surface area contributed by atoms with Crippen LogP contribution in [-0.4, -0.2) is 6.29 Å². The summed E-state index contributed by atoms with van der Waals surface area (Å²) in [5.41, 5.74) is 0.478. The van der Waals surface area contributed by atoms with Gasteiger partial charge in [0.15, 0.2) is 12.0 Å². The third-order valence-corrected chi connectivity index (χ3v) is 2.13. The zero-order chi connectivity index (χ0) is 10.1. The van der Waals surface area contributed by atoms with Gasteiger partial charge in [-0.05, 0) is 31.9 Å². The van der Waals surface area contributed by atoms with E-state index in [1.165, 1.54) is 6.92 Å². The van der Waals surface area contributed by atoms with Crippen LogP contribution in [-0.2, 0) is 10.5 Å². The molecular formula is C11H13FO. The van der Waals surface area contributed by atoms with E-state index in [1.54, 1.807) is 6.07 Å². The molecule has 1 nitrogen and oxygen atoms in total. The van der Waals surface area contributed by atoms with Gasteiger partial charge in [0.2, 0.25) is 0 Å². The Morgan fingerprint density at radius 1 is 1.38 bits per heavy atom. The molecule has 1 aromatic carbocycles. The lowest BCUT2D eigenvalue weighted by molar-refractivity contribution is -0.117. The lowest BCUT2D eigenvalue weighted by atomic mass is 9.94. The molecule has 13 heavy (non-hydrogen) atoms. The number of halogens is 1. The Morgan fingerprint density at radius 3 is 2.46 bits per heavy atom. The molecule has 1 unspecified atom stereocenters. The van der Waals surface area contributed by atoms with Gasteiger partial charge < -0.3 is 0 Å². The molecule has 1 rings (SSSR count). The smallest absolute Gasteiger partial charge is 0.188 e. The quantitative estimate of drug-likeness (QED) is 0.639. The minimum absolute atomic E-state index is 0.338. The SMILES string of the molecule is Cc1ccc(C(C)(F)C=O)c(C)c1. The van der Waals surface area contributed by atoms with Crippen molar-refractivity contribution in [3.05, 3.63) is 34.9 Å². The van der Waals surface area contributed by atoms with Crippen LogP contribution in [0.3, 0.4) is 0 Å². The van der Waals surface area contributed by atoms with Crippen LogP contribution in [0.1, 0.15) is 23.6 Å². The summed E-state index contributed by atoms with van der Waals surface area (Å²) in [4.78, 5) is 10.5. The summed E-state index contributed by atoms with van der Waals surface area (Å²) >= 11 is 0. The molecule has 0 aliphatic carbocycles. The number of aryl methyl sites for hydroxylation is 2. The predicted octanol–water partition coefficient (Wildman–Crippen LogP) is 2.69. The molecule has 0 spiro atoms. The van der Waals surface area contributed by atoms with Crippen LogP contribution in [0.2, 0.25) is 0 Å². The van der Waals surface area contributed by atoms with Crippen LogP contribution in [0.15, 0.2) is 18.2 Å². The standard InChI is InChI=1S/C11H13FO/c1-8-4-5-10(9(2)6-8)11(3,12)7-13/h4-7H,1-3H3. The van der Waals surface area contributed by atoms with E-state index in [-0.39, 0.29) is 0 Å². The fraction of sp³-hybridized carbons (Fsp3) is 0.364. The summed E-state index contributed by atoms with van der Waals surface area (Å²) in [6, 6.07) is 5.35. The topological polar surface area (TPSA) is 17.1 Å². The molecule has 0 aromatic heterocycles. The second kappa shape index (κ2) is 3.29. The first-order valence-electron chi connectivity index (χ1n) is 4.20. The summed E-state index contributed by atoms with van der Waals surface area (Å²) in [6.07, 6.45) is 0.338. The molecule has 0 aliphatic rings. The van der Waals surface area contributed by atoms with Gasteiger partial charge in [0.05, 0.1) is 0 Å². The predicted molar refractivity (Wildman–Crippen MR) is 50.4 cm³/mol. The molecule has 1 aromatic rings. The number of aldehydes is 1. The molecule has 0 saturated carbocycles. The van der Waals surface area contributed by atoms with Gasteiger partial charge >= 0.3 is 0 Å². The van der Waals surface area contributed by atoms with Crippen molar-refractivity contribution in [3.8, 4) is 0 Å². The van der Waals surface area contributed by atoms with Gasteiger partial charge in [-0.25, -0.2) is 4.39 Å². The van der Waals surface area contributed by atoms with Crippen molar-refractivity contribution in [1.29, 1.82) is 0 Å². The maximum Gasteiger partial charge on any atom is 0.188 e. The van der Waals surface area contributed by atoms with Crippen molar-refractivity contribution in [1.82, 2.24) is 0 Å². The second-order valence-corrected chi connectivity index (χ2v) is 3.51. The number of hydrogen-bond donors (Lipinski definition) is 0. The largest absolute Gasteiger partial charge is 0.299 e. The number of hydrogen-bond acceptors (Lipinski definition) is 1. The maximum absolute atomic E-state index is 13.6. The van der Waals surface area contributed by atoms with E-state index in [4.69, 9.17) is 0 Å². The van der Waals surface area contributed by atoms with Crippen LogP contribution in [0.25, 0.3) is 0 Å². The summed E-state index contributed by atoms with van der Waals surface area (Å²) in [5, 5.41) is 0. The van der Waals surface area contributed by atoms with E-state index in [0.717, 1.165) is 11.1 Å². The average molecular weight is 180 g/mol. The Labute approximate surface area is 77.6 Å². The Hall–Kier alpha value is -1.18. The molecule has 1 atom stereocenters. The van der Waals surface area contributed by atoms with Crippen molar-refractivity contribution in [2.75, 3.05) is 0 Å². The van der Waals surface area contributed by atoms with Gasteiger partial charge in [0, 0.05) is 0 Å². The van der Waals surface area contributed by atoms with Crippen LogP contribution < -0.4 is 0 Å². The second-order valence-electron chi connectivity index (χ2n) is 3.51. The highest BCUT2D eigenvalue weighted by Crippen LogP contribution is 2.26. The third kappa shape index (κ3) is 1.94. The highest BCUT2D eigenvalue weighted by molar-refractivity contribution is 5.66. The fourth-order valence-electron chi connectivity index (χ4n) is 1.43. The normalized spacial score (nSPS) is 15.1. The molecule has 0 N–H and O–H groups in total. The molecule has 0 fully saturated rings. The van der Waals surface area contributed by atoms with E-state index >= 15 is 0 Å². The van der Waals surface area contributed by atoms with Crippen LogP contribution >= 0.6 is 0 Å². The van der Waals surface area contributed by atoms with Crippen molar-refractivity contribution in [3.63, 3.8) is 0 Å². The monoisotopic (exact) mass is 180 g/mol. The van der Waals surface area contributed by atoms with Crippen molar-refractivity contribution in [2.24, 2.45) is 0 Å². The molecule has 0 aliphatic heterocycles. The molecule has 0 bridgehead atoms. The number of carbonyl (C=O) groups excluding carboxylic acids is 1. The van der Waals surface area contributed by atoms with Crippen LogP contribution in [0.4, 0.5) is 4.39 Å². The van der Waals surface area contributed by atoms with Gasteiger partial charge in [-0.15, -0.1) is 0 Å². The van der Waals surface area contributed by atoms with Gasteiger partial charge in [-0.3, -0.25) is 4.79 Å². The fourth-order valence-corrected chi connectivity index (χ4v) is 1.43. The molecule has 0 amide bonds. The average Bonchev–Trinajstić information content (AvgIpc) is 2.03. The molecule has 0 radical (unpaired) electrons. The van der Waals surface area contributed by atoms with E-state index in [2.05, 4.69) is 0 Å². The molecule has 0 heterocycles. The zero-order valence-electron chi connectivity index (χ0n) is 8.10. The minimum Gasteiger partial charge on any atom is -0.299 e. The minimum atomic E-state index is -1.86. The van der Waals surface area contributed by atoms with Crippen LogP contribution in [0, 0.1) is 13.8 Å². The first kappa shape index (κ1) is 9.90. The maximum atomic E-state index is 13.6. The number of rotatable bonds is 2. The highest BCUT2D eigenvalue weighted by Gasteiger charge is 2.26. The van der Waals surface area contributed by atoms with E-state index in [9.17, 15) is 9.18 Å². The van der Waals surface area contributed by atoms with Crippen LogP contribution in [0.5, 0.6) is 0 Å². The number of benzene rings is 1. The molecule has 70 valence electrons. The van der Waals surface area contributed by atoms with Gasteiger partial charge in [0.1, 0.15) is 0 Å². The first-order valence-corrected chi connectivity index (χ1v) is 4.20.